The van der Waals surface area contributed by atoms with Gasteiger partial charge in [-0.15, -0.1) is 0 Å². The molecule has 0 saturated carbocycles. The predicted octanol–water partition coefficient (Wildman–Crippen LogP) is 5.90. The van der Waals surface area contributed by atoms with E-state index in [4.69, 9.17) is 0 Å². The monoisotopic (exact) mass is 500 g/mol. The smallest absolute Gasteiger partial charge is 0.312 e. The largest absolute Gasteiger partial charge is 0.481 e. The van der Waals surface area contributed by atoms with E-state index in [9.17, 15) is 14.7 Å². The van der Waals surface area contributed by atoms with Crippen LogP contribution in [-0.2, 0) is 10.2 Å². The van der Waals surface area contributed by atoms with Gasteiger partial charge in [-0.05, 0) is 40.5 Å². The normalized spacial score (nSPS) is 23.9. The van der Waals surface area contributed by atoms with Crippen molar-refractivity contribution in [3.63, 3.8) is 0 Å². The van der Waals surface area contributed by atoms with Gasteiger partial charge >= 0.3 is 5.97 Å². The lowest BCUT2D eigenvalue weighted by molar-refractivity contribution is -0.140. The van der Waals surface area contributed by atoms with Gasteiger partial charge in [0.25, 0.3) is 0 Å². The summed E-state index contributed by atoms with van der Waals surface area (Å²) in [6.45, 7) is 4.29. The molecule has 142 valence electrons. The van der Waals surface area contributed by atoms with Crippen LogP contribution in [0.1, 0.15) is 35.3 Å². The third-order valence-electron chi connectivity index (χ3n) is 5.72. The summed E-state index contributed by atoms with van der Waals surface area (Å²) in [7, 11) is 0. The summed E-state index contributed by atoms with van der Waals surface area (Å²) < 4.78 is -0.272. The number of hydrogen-bond donors (Lipinski definition) is 1. The number of carbonyl (C=O) groups is 2. The highest BCUT2D eigenvalue weighted by molar-refractivity contribution is 9.10. The molecule has 0 fully saturated rings. The van der Waals surface area contributed by atoms with E-state index in [2.05, 4.69) is 57.8 Å². The average Bonchev–Trinajstić information content (AvgIpc) is 2.88. The molecule has 5 heteroatoms. The van der Waals surface area contributed by atoms with Crippen LogP contribution in [0.15, 0.2) is 65.2 Å². The molecule has 0 saturated heterocycles. The summed E-state index contributed by atoms with van der Waals surface area (Å²) >= 11 is 6.99. The van der Waals surface area contributed by atoms with Gasteiger partial charge in [0.15, 0.2) is 5.78 Å². The molecule has 2 atom stereocenters. The second-order valence-corrected chi connectivity index (χ2v) is 9.96. The number of rotatable bonds is 3. The van der Waals surface area contributed by atoms with Crippen LogP contribution >= 0.6 is 31.9 Å². The Morgan fingerprint density at radius 1 is 1.00 bits per heavy atom. The zero-order valence-electron chi connectivity index (χ0n) is 15.4. The highest BCUT2D eigenvalue weighted by Crippen LogP contribution is 2.50. The molecule has 0 aromatic heterocycles. The molecule has 0 radical (unpaired) electrons. The molecule has 4 rings (SSSR count). The molecule has 2 unspecified atom stereocenters. The Morgan fingerprint density at radius 2 is 1.64 bits per heavy atom. The van der Waals surface area contributed by atoms with Crippen LogP contribution in [-0.4, -0.2) is 21.2 Å². The minimum Gasteiger partial charge on any atom is -0.481 e. The van der Waals surface area contributed by atoms with Crippen molar-refractivity contribution in [3.05, 3.63) is 81.9 Å². The molecule has 1 N–H and O–H groups in total. The third kappa shape index (κ3) is 2.75. The van der Waals surface area contributed by atoms with Gasteiger partial charge in [-0.25, -0.2) is 0 Å². The van der Waals surface area contributed by atoms with Crippen LogP contribution < -0.4 is 0 Å². The fourth-order valence-electron chi connectivity index (χ4n) is 4.17. The van der Waals surface area contributed by atoms with E-state index in [0.717, 1.165) is 15.6 Å². The van der Waals surface area contributed by atoms with E-state index in [1.807, 2.05) is 18.2 Å². The van der Waals surface area contributed by atoms with Gasteiger partial charge in [0.05, 0.1) is 0 Å². The fraction of sp³-hybridized carbons (Fsp3) is 0.217. The van der Waals surface area contributed by atoms with Gasteiger partial charge in [-0.3, -0.25) is 9.59 Å². The van der Waals surface area contributed by atoms with Crippen molar-refractivity contribution in [2.24, 2.45) is 5.92 Å². The number of carboxylic acids is 1. The third-order valence-corrected chi connectivity index (χ3v) is 7.33. The van der Waals surface area contributed by atoms with Crippen LogP contribution in [0.4, 0.5) is 0 Å². The SMILES string of the molecule is CC1(C)c2cc(Br)ccc2-c2ccc(C(=O)C3(Br)C=CC=CC3C(=O)O)cc21. The number of hydrogen-bond acceptors (Lipinski definition) is 2. The number of allylic oxidation sites excluding steroid dienone is 3. The van der Waals surface area contributed by atoms with E-state index >= 15 is 0 Å². The molecular formula is C23H18Br2O3. The van der Waals surface area contributed by atoms with Gasteiger partial charge in [0, 0.05) is 15.5 Å². The first-order valence-corrected chi connectivity index (χ1v) is 10.5. The zero-order chi connectivity index (χ0) is 20.3. The lowest BCUT2D eigenvalue weighted by Gasteiger charge is -2.29. The summed E-state index contributed by atoms with van der Waals surface area (Å²) in [6.07, 6.45) is 6.53. The van der Waals surface area contributed by atoms with Crippen molar-refractivity contribution in [2.75, 3.05) is 0 Å². The molecule has 0 amide bonds. The van der Waals surface area contributed by atoms with E-state index < -0.39 is 16.2 Å². The van der Waals surface area contributed by atoms with E-state index in [1.54, 1.807) is 30.4 Å². The van der Waals surface area contributed by atoms with Gasteiger partial charge in [0.2, 0.25) is 0 Å². The number of fused-ring (bicyclic) bond motifs is 3. The maximum atomic E-state index is 13.4. The number of ketones is 1. The van der Waals surface area contributed by atoms with Crippen molar-refractivity contribution >= 4 is 43.6 Å². The number of aliphatic carboxylic acids is 1. The number of Topliss-reactive ketones (excluding diaryl/α,β-unsaturated/α-hetero) is 1. The lowest BCUT2D eigenvalue weighted by atomic mass is 9.79. The topological polar surface area (TPSA) is 54.4 Å². The first kappa shape index (κ1) is 19.3. The number of alkyl halides is 1. The van der Waals surface area contributed by atoms with E-state index in [0.29, 0.717) is 5.56 Å². The van der Waals surface area contributed by atoms with Crippen LogP contribution in [0, 0.1) is 5.92 Å². The first-order chi connectivity index (χ1) is 13.2. The Bertz CT molecular complexity index is 1080. The molecule has 28 heavy (non-hydrogen) atoms. The number of carboxylic acid groups (broad SMARTS) is 1. The van der Waals surface area contributed by atoms with Crippen molar-refractivity contribution in [3.8, 4) is 11.1 Å². The summed E-state index contributed by atoms with van der Waals surface area (Å²) in [5, 5.41) is 9.58. The minimum absolute atomic E-state index is 0.251. The maximum absolute atomic E-state index is 13.4. The minimum atomic E-state index is -1.29. The summed E-state index contributed by atoms with van der Waals surface area (Å²) in [6, 6.07) is 11.9. The summed E-state index contributed by atoms with van der Waals surface area (Å²) in [4.78, 5) is 25.1. The van der Waals surface area contributed by atoms with Gasteiger partial charge in [-0.1, -0.05) is 88.2 Å². The molecule has 0 spiro atoms. The van der Waals surface area contributed by atoms with E-state index in [1.165, 1.54) is 11.1 Å². The average molecular weight is 502 g/mol. The first-order valence-electron chi connectivity index (χ1n) is 8.94. The molecule has 0 bridgehead atoms. The second-order valence-electron chi connectivity index (χ2n) is 7.73. The zero-order valence-corrected chi connectivity index (χ0v) is 18.5. The number of halogens is 2. The van der Waals surface area contributed by atoms with Crippen molar-refractivity contribution in [2.45, 2.75) is 23.6 Å². The number of carbonyl (C=O) groups excluding carboxylic acids is 1. The fourth-order valence-corrected chi connectivity index (χ4v) is 5.26. The molecule has 2 aromatic carbocycles. The van der Waals surface area contributed by atoms with Crippen LogP contribution in [0.5, 0.6) is 0 Å². The second kappa shape index (κ2) is 6.53. The lowest BCUT2D eigenvalue weighted by Crippen LogP contribution is -2.42. The van der Waals surface area contributed by atoms with Crippen LogP contribution in [0.3, 0.4) is 0 Å². The molecular weight excluding hydrogens is 484 g/mol. The molecule has 2 aromatic rings. The molecule has 0 aliphatic heterocycles. The van der Waals surface area contributed by atoms with Crippen molar-refractivity contribution in [1.29, 1.82) is 0 Å². The molecule has 2 aliphatic rings. The predicted molar refractivity (Wildman–Crippen MR) is 117 cm³/mol. The highest BCUT2D eigenvalue weighted by Gasteiger charge is 2.46. The molecule has 0 heterocycles. The quantitative estimate of drug-likeness (QED) is 0.420. The van der Waals surface area contributed by atoms with Crippen molar-refractivity contribution < 1.29 is 14.7 Å². The van der Waals surface area contributed by atoms with Gasteiger partial charge < -0.3 is 5.11 Å². The molecule has 2 aliphatic carbocycles. The van der Waals surface area contributed by atoms with Crippen LogP contribution in [0.25, 0.3) is 11.1 Å². The summed E-state index contributed by atoms with van der Waals surface area (Å²) in [5.74, 6) is -2.25. The van der Waals surface area contributed by atoms with Crippen LogP contribution in [0.2, 0.25) is 0 Å². The Balaban J connectivity index is 1.81. The van der Waals surface area contributed by atoms with Gasteiger partial charge in [-0.2, -0.15) is 0 Å². The number of benzene rings is 2. The highest BCUT2D eigenvalue weighted by atomic mass is 79.9. The Kier molecular flexibility index (Phi) is 4.51. The van der Waals surface area contributed by atoms with Crippen molar-refractivity contribution in [1.82, 2.24) is 0 Å². The Labute approximate surface area is 180 Å². The molecule has 3 nitrogen and oxygen atoms in total. The standard InChI is InChI=1S/C23H18Br2O3/c1-22(2)18-11-13(6-8-15(18)16-9-7-14(24)12-19(16)22)20(26)23(25)10-4-3-5-17(23)21(27)28/h3-12,17H,1-2H3,(H,27,28). The maximum Gasteiger partial charge on any atom is 0.312 e. The van der Waals surface area contributed by atoms with E-state index in [-0.39, 0.29) is 11.2 Å². The van der Waals surface area contributed by atoms with Gasteiger partial charge in [0.1, 0.15) is 10.2 Å². The Morgan fingerprint density at radius 3 is 2.32 bits per heavy atom. The summed E-state index contributed by atoms with van der Waals surface area (Å²) in [5.41, 5.74) is 4.81. The Hall–Kier alpha value is -1.98.